The zero-order chi connectivity index (χ0) is 27.6. The van der Waals surface area contributed by atoms with Crippen LogP contribution >= 0.6 is 0 Å². The monoisotopic (exact) mass is 525 g/mol. The van der Waals surface area contributed by atoms with E-state index in [1.807, 2.05) is 84.9 Å². The highest BCUT2D eigenvalue weighted by Gasteiger charge is 2.13. The van der Waals surface area contributed by atoms with Crippen molar-refractivity contribution in [1.29, 1.82) is 5.26 Å². The van der Waals surface area contributed by atoms with Crippen LogP contribution in [0, 0.1) is 11.3 Å². The summed E-state index contributed by atoms with van der Waals surface area (Å²) >= 11 is 0. The van der Waals surface area contributed by atoms with Crippen LogP contribution in [0.1, 0.15) is 11.5 Å². The molecule has 0 amide bonds. The summed E-state index contributed by atoms with van der Waals surface area (Å²) in [6.07, 6.45) is 3.29. The first kappa shape index (κ1) is 25.9. The Balaban J connectivity index is 0.000000162. The van der Waals surface area contributed by atoms with Crippen LogP contribution in [0.3, 0.4) is 0 Å². The average Bonchev–Trinajstić information content (AvgIpc) is 3.69. The normalized spacial score (nSPS) is 10.2. The quantitative estimate of drug-likeness (QED) is 0.165. The van der Waals surface area contributed by atoms with E-state index in [0.29, 0.717) is 40.2 Å². The number of esters is 1. The third kappa shape index (κ3) is 6.57. The molecular weight excluding hydrogens is 502 g/mol. The SMILES string of the molecule is N#Cc1ccccc1-c1ncc(-c2ccccc2)o1.O=C(Cc1ncc(-c2ccccc2)o1)Oc1ccccc1. The second-order valence-electron chi connectivity index (χ2n) is 8.50. The Kier molecular flexibility index (Phi) is 8.20. The third-order valence-corrected chi connectivity index (χ3v) is 5.72. The van der Waals surface area contributed by atoms with Crippen molar-refractivity contribution in [2.45, 2.75) is 6.42 Å². The van der Waals surface area contributed by atoms with Crippen molar-refractivity contribution in [3.63, 3.8) is 0 Å². The molecule has 0 N–H and O–H groups in total. The van der Waals surface area contributed by atoms with E-state index in [1.54, 1.807) is 42.7 Å². The van der Waals surface area contributed by atoms with Gasteiger partial charge in [-0.25, -0.2) is 9.97 Å². The van der Waals surface area contributed by atoms with Crippen LogP contribution in [0.25, 0.3) is 34.1 Å². The molecule has 0 saturated heterocycles. The van der Waals surface area contributed by atoms with E-state index in [0.717, 1.165) is 11.1 Å². The third-order valence-electron chi connectivity index (χ3n) is 5.72. The maximum Gasteiger partial charge on any atom is 0.320 e. The van der Waals surface area contributed by atoms with Gasteiger partial charge in [-0.2, -0.15) is 5.26 Å². The standard InChI is InChI=1S/C17H13NO3.C16H10N2O/c19-17(20-14-9-5-2-6-10-14)11-16-18-12-15(21-16)13-7-3-1-4-8-13;17-10-13-8-4-5-9-14(13)16-18-11-15(19-16)12-6-2-1-3-7-12/h1-10,12H,11H2;1-9,11H. The second kappa shape index (κ2) is 12.7. The first-order valence-electron chi connectivity index (χ1n) is 12.5. The number of ether oxygens (including phenoxy) is 1. The zero-order valence-corrected chi connectivity index (χ0v) is 21.3. The molecule has 0 saturated carbocycles. The molecule has 4 aromatic carbocycles. The van der Waals surface area contributed by atoms with Gasteiger partial charge in [0.1, 0.15) is 12.2 Å². The Bertz CT molecular complexity index is 1720. The fourth-order valence-corrected chi connectivity index (χ4v) is 3.81. The minimum absolute atomic E-state index is 0.00171. The molecule has 0 fully saturated rings. The summed E-state index contributed by atoms with van der Waals surface area (Å²) in [6.45, 7) is 0. The van der Waals surface area contributed by atoms with Crippen LogP contribution in [0.2, 0.25) is 0 Å². The van der Waals surface area contributed by atoms with Crippen molar-refractivity contribution in [2.24, 2.45) is 0 Å². The highest BCUT2D eigenvalue weighted by molar-refractivity contribution is 5.74. The first-order chi connectivity index (χ1) is 19.7. The Morgan fingerprint density at radius 2 is 1.25 bits per heavy atom. The van der Waals surface area contributed by atoms with Crippen molar-refractivity contribution < 1.29 is 18.4 Å². The predicted molar refractivity (Wildman–Crippen MR) is 150 cm³/mol. The van der Waals surface area contributed by atoms with Gasteiger partial charge in [0.15, 0.2) is 11.5 Å². The van der Waals surface area contributed by atoms with Crippen LogP contribution in [0.5, 0.6) is 5.75 Å². The van der Waals surface area contributed by atoms with Gasteiger partial charge < -0.3 is 13.6 Å². The molecule has 40 heavy (non-hydrogen) atoms. The number of benzene rings is 4. The number of rotatable bonds is 6. The van der Waals surface area contributed by atoms with Gasteiger partial charge in [-0.3, -0.25) is 4.79 Å². The lowest BCUT2D eigenvalue weighted by Crippen LogP contribution is -2.11. The molecule has 0 aliphatic rings. The van der Waals surface area contributed by atoms with E-state index in [2.05, 4.69) is 16.0 Å². The van der Waals surface area contributed by atoms with Crippen molar-refractivity contribution >= 4 is 5.97 Å². The fourth-order valence-electron chi connectivity index (χ4n) is 3.81. The summed E-state index contributed by atoms with van der Waals surface area (Å²) in [6, 6.07) is 37.7. The summed E-state index contributed by atoms with van der Waals surface area (Å²) in [5, 5.41) is 9.08. The molecule has 7 heteroatoms. The van der Waals surface area contributed by atoms with Crippen LogP contribution in [-0.4, -0.2) is 15.9 Å². The highest BCUT2D eigenvalue weighted by Crippen LogP contribution is 2.27. The number of aromatic nitrogens is 2. The number of hydrogen-bond donors (Lipinski definition) is 0. The Morgan fingerprint density at radius 1 is 0.700 bits per heavy atom. The topological polar surface area (TPSA) is 102 Å². The first-order valence-corrected chi connectivity index (χ1v) is 12.5. The second-order valence-corrected chi connectivity index (χ2v) is 8.50. The van der Waals surface area contributed by atoms with Crippen molar-refractivity contribution in [3.8, 4) is 45.9 Å². The van der Waals surface area contributed by atoms with Crippen LogP contribution in [-0.2, 0) is 11.2 Å². The van der Waals surface area contributed by atoms with E-state index in [1.165, 1.54) is 0 Å². The number of oxazole rings is 2. The van der Waals surface area contributed by atoms with Crippen LogP contribution in [0.4, 0.5) is 0 Å². The maximum absolute atomic E-state index is 11.8. The minimum atomic E-state index is -0.400. The average molecular weight is 526 g/mol. The van der Waals surface area contributed by atoms with Gasteiger partial charge in [-0.1, -0.05) is 91.0 Å². The summed E-state index contributed by atoms with van der Waals surface area (Å²) < 4.78 is 16.5. The van der Waals surface area contributed by atoms with E-state index < -0.39 is 5.97 Å². The summed E-state index contributed by atoms with van der Waals surface area (Å²) in [4.78, 5) is 20.2. The molecule has 0 bridgehead atoms. The van der Waals surface area contributed by atoms with E-state index >= 15 is 0 Å². The predicted octanol–water partition coefficient (Wildman–Crippen LogP) is 7.37. The fraction of sp³-hybridized carbons (Fsp3) is 0.0303. The molecule has 2 aromatic heterocycles. The Morgan fingerprint density at radius 3 is 1.90 bits per heavy atom. The molecule has 7 nitrogen and oxygen atoms in total. The molecule has 6 aromatic rings. The van der Waals surface area contributed by atoms with Gasteiger partial charge in [-0.05, 0) is 24.3 Å². The molecule has 0 aliphatic heterocycles. The number of nitriles is 1. The van der Waals surface area contributed by atoms with Crippen LogP contribution < -0.4 is 4.74 Å². The summed E-state index contributed by atoms with van der Waals surface area (Å²) in [5.41, 5.74) is 3.17. The van der Waals surface area contributed by atoms with Crippen molar-refractivity contribution in [3.05, 3.63) is 139 Å². The number of carbonyl (C=O) groups excluding carboxylic acids is 1. The van der Waals surface area contributed by atoms with Gasteiger partial charge >= 0.3 is 5.97 Å². The van der Waals surface area contributed by atoms with Gasteiger partial charge in [0.25, 0.3) is 0 Å². The lowest BCUT2D eigenvalue weighted by Gasteiger charge is -2.01. The molecule has 194 valence electrons. The van der Waals surface area contributed by atoms with Crippen molar-refractivity contribution in [2.75, 3.05) is 0 Å². The summed E-state index contributed by atoms with van der Waals surface area (Å²) in [7, 11) is 0. The van der Waals surface area contributed by atoms with Crippen molar-refractivity contribution in [1.82, 2.24) is 9.97 Å². The van der Waals surface area contributed by atoms with Gasteiger partial charge in [0.2, 0.25) is 11.8 Å². The molecule has 2 heterocycles. The number of para-hydroxylation sites is 1. The Labute approximate surface area is 231 Å². The highest BCUT2D eigenvalue weighted by atomic mass is 16.5. The van der Waals surface area contributed by atoms with Gasteiger partial charge in [0, 0.05) is 11.1 Å². The molecule has 0 radical (unpaired) electrons. The lowest BCUT2D eigenvalue weighted by atomic mass is 10.1. The molecule has 6 rings (SSSR count). The van der Waals surface area contributed by atoms with E-state index in [9.17, 15) is 4.79 Å². The van der Waals surface area contributed by atoms with Gasteiger partial charge in [-0.15, -0.1) is 0 Å². The molecule has 0 spiro atoms. The van der Waals surface area contributed by atoms with E-state index in [4.69, 9.17) is 18.8 Å². The van der Waals surface area contributed by atoms with Crippen LogP contribution in [0.15, 0.2) is 136 Å². The minimum Gasteiger partial charge on any atom is -0.440 e. The molecule has 0 atom stereocenters. The van der Waals surface area contributed by atoms with Gasteiger partial charge in [0.05, 0.1) is 29.6 Å². The van der Waals surface area contributed by atoms with E-state index in [-0.39, 0.29) is 6.42 Å². The molecule has 0 aliphatic carbocycles. The maximum atomic E-state index is 11.8. The smallest absolute Gasteiger partial charge is 0.320 e. The molecular formula is C33H23N3O4. The largest absolute Gasteiger partial charge is 0.440 e. The summed E-state index contributed by atoms with van der Waals surface area (Å²) in [5.74, 6) is 2.26. The number of nitrogens with zero attached hydrogens (tertiary/aromatic N) is 3. The number of carbonyl (C=O) groups is 1. The Hall–Kier alpha value is -5.74. The number of hydrogen-bond acceptors (Lipinski definition) is 7. The zero-order valence-electron chi connectivity index (χ0n) is 21.3. The molecule has 0 unspecified atom stereocenters. The lowest BCUT2D eigenvalue weighted by molar-refractivity contribution is -0.133.